The highest BCUT2D eigenvalue weighted by atomic mass is 15.3. The fraction of sp³-hybridized carbons (Fsp3) is 0.625. The lowest BCUT2D eigenvalue weighted by Crippen LogP contribution is -2.32. The molecule has 0 saturated carbocycles. The molecule has 2 rings (SSSR count). The minimum absolute atomic E-state index is 0.255. The van der Waals surface area contributed by atoms with Gasteiger partial charge in [-0.25, -0.2) is 9.67 Å². The Morgan fingerprint density at radius 3 is 2.90 bits per heavy atom. The maximum absolute atomic E-state index is 4.64. The van der Waals surface area contributed by atoms with Crippen molar-refractivity contribution in [2.75, 3.05) is 13.6 Å². The van der Waals surface area contributed by atoms with Crippen LogP contribution in [-0.4, -0.2) is 40.5 Å². The normalized spacial score (nSPS) is 19.1. The first-order valence-corrected chi connectivity index (χ1v) is 7.64. The molecule has 2 heterocycles. The van der Waals surface area contributed by atoms with Crippen molar-refractivity contribution in [3.8, 4) is 0 Å². The third kappa shape index (κ3) is 3.37. The highest BCUT2D eigenvalue weighted by Crippen LogP contribution is 2.22. The van der Waals surface area contributed by atoms with Gasteiger partial charge in [0.25, 0.3) is 0 Å². The second kappa shape index (κ2) is 6.84. The number of nitrogens with zero attached hydrogens (tertiary/aromatic N) is 4. The number of aromatic nitrogens is 2. The topological polar surface area (TPSA) is 33.4 Å². The second-order valence-electron chi connectivity index (χ2n) is 5.68. The summed E-state index contributed by atoms with van der Waals surface area (Å²) in [5, 5.41) is 4.37. The van der Waals surface area contributed by atoms with Gasteiger partial charge in [-0.3, -0.25) is 4.90 Å². The van der Waals surface area contributed by atoms with Gasteiger partial charge in [0.05, 0.1) is 12.2 Å². The van der Waals surface area contributed by atoms with Gasteiger partial charge in [0.15, 0.2) is 5.82 Å². The number of aryl methyl sites for hydroxylation is 1. The molecule has 20 heavy (non-hydrogen) atoms. The van der Waals surface area contributed by atoms with Crippen LogP contribution in [-0.2, 0) is 6.42 Å². The van der Waals surface area contributed by atoms with Gasteiger partial charge in [-0.15, -0.1) is 0 Å². The summed E-state index contributed by atoms with van der Waals surface area (Å²) < 4.78 is 1.87. The van der Waals surface area contributed by atoms with Crippen molar-refractivity contribution in [1.29, 1.82) is 0 Å². The number of fused-ring (bicyclic) bond motifs is 1. The van der Waals surface area contributed by atoms with E-state index in [1.807, 2.05) is 23.3 Å². The fourth-order valence-corrected chi connectivity index (χ4v) is 2.30. The lowest BCUT2D eigenvalue weighted by molar-refractivity contribution is 0.303. The summed E-state index contributed by atoms with van der Waals surface area (Å²) in [5.74, 6) is 1.76. The molecule has 0 amide bonds. The zero-order chi connectivity index (χ0) is 14.5. The molecule has 0 fully saturated rings. The average molecular weight is 274 g/mol. The van der Waals surface area contributed by atoms with Crippen molar-refractivity contribution in [1.82, 2.24) is 14.7 Å². The van der Waals surface area contributed by atoms with Crippen molar-refractivity contribution in [2.45, 2.75) is 46.1 Å². The number of aliphatic imine (C=N–C) groups is 1. The average Bonchev–Trinajstić information content (AvgIpc) is 2.74. The SMILES string of the molecule is CCc1cnn2c1N=CC(N(C)CCC(C)CC)C=C2. The van der Waals surface area contributed by atoms with E-state index in [9.17, 15) is 0 Å². The zero-order valence-corrected chi connectivity index (χ0v) is 13.1. The minimum atomic E-state index is 0.255. The van der Waals surface area contributed by atoms with Crippen LogP contribution in [0.4, 0.5) is 5.82 Å². The maximum Gasteiger partial charge on any atom is 0.157 e. The molecule has 0 bridgehead atoms. The Morgan fingerprint density at radius 2 is 2.20 bits per heavy atom. The van der Waals surface area contributed by atoms with Crippen LogP contribution < -0.4 is 0 Å². The zero-order valence-electron chi connectivity index (χ0n) is 13.1. The predicted octanol–water partition coefficient (Wildman–Crippen LogP) is 3.37. The van der Waals surface area contributed by atoms with Crippen molar-refractivity contribution in [2.24, 2.45) is 10.9 Å². The van der Waals surface area contributed by atoms with Gasteiger partial charge in [0, 0.05) is 18.0 Å². The predicted molar refractivity (Wildman–Crippen MR) is 85.6 cm³/mol. The molecule has 110 valence electrons. The maximum atomic E-state index is 4.64. The van der Waals surface area contributed by atoms with Crippen LogP contribution in [0.3, 0.4) is 0 Å². The second-order valence-corrected chi connectivity index (χ2v) is 5.68. The first-order valence-electron chi connectivity index (χ1n) is 7.64. The van der Waals surface area contributed by atoms with E-state index in [4.69, 9.17) is 0 Å². The highest BCUT2D eigenvalue weighted by molar-refractivity contribution is 5.74. The summed E-state index contributed by atoms with van der Waals surface area (Å²) in [5.41, 5.74) is 1.20. The minimum Gasteiger partial charge on any atom is -0.295 e. The Morgan fingerprint density at radius 1 is 1.40 bits per heavy atom. The third-order valence-electron chi connectivity index (χ3n) is 4.18. The molecule has 0 radical (unpaired) electrons. The van der Waals surface area contributed by atoms with E-state index in [0.717, 1.165) is 24.7 Å². The van der Waals surface area contributed by atoms with Crippen molar-refractivity contribution >= 4 is 18.2 Å². The number of rotatable bonds is 6. The largest absolute Gasteiger partial charge is 0.295 e. The van der Waals surface area contributed by atoms with E-state index in [-0.39, 0.29) is 6.04 Å². The van der Waals surface area contributed by atoms with E-state index >= 15 is 0 Å². The highest BCUT2D eigenvalue weighted by Gasteiger charge is 2.15. The standard InChI is InChI=1S/C16H26N4/c1-5-13(3)7-9-19(4)15-8-10-20-16(17-12-15)14(6-2)11-18-20/h8,10-13,15H,5-7,9H2,1-4H3. The van der Waals surface area contributed by atoms with Crippen molar-refractivity contribution in [3.63, 3.8) is 0 Å². The molecular formula is C16H26N4. The molecule has 1 aliphatic rings. The molecule has 1 aliphatic heterocycles. The van der Waals surface area contributed by atoms with Crippen LogP contribution in [0, 0.1) is 5.92 Å². The molecule has 4 heteroatoms. The molecule has 0 aliphatic carbocycles. The first-order chi connectivity index (χ1) is 9.65. The summed E-state index contributed by atoms with van der Waals surface area (Å²) in [6.07, 6.45) is 11.6. The Balaban J connectivity index is 2.03. The molecule has 0 aromatic carbocycles. The van der Waals surface area contributed by atoms with Crippen LogP contribution >= 0.6 is 0 Å². The van der Waals surface area contributed by atoms with Gasteiger partial charge in [0.2, 0.25) is 0 Å². The number of hydrogen-bond donors (Lipinski definition) is 0. The van der Waals surface area contributed by atoms with E-state index in [2.05, 4.69) is 48.9 Å². The molecule has 2 unspecified atom stereocenters. The van der Waals surface area contributed by atoms with Gasteiger partial charge in [-0.05, 0) is 38.4 Å². The Bertz CT molecular complexity index is 487. The molecule has 1 aromatic rings. The Hall–Kier alpha value is -1.42. The van der Waals surface area contributed by atoms with Crippen LogP contribution in [0.5, 0.6) is 0 Å². The molecule has 0 N–H and O–H groups in total. The van der Waals surface area contributed by atoms with Gasteiger partial charge >= 0.3 is 0 Å². The Labute approximate surface area is 122 Å². The fourth-order valence-electron chi connectivity index (χ4n) is 2.30. The summed E-state index contributed by atoms with van der Waals surface area (Å²) in [6.45, 7) is 7.80. The van der Waals surface area contributed by atoms with Gasteiger partial charge in [-0.2, -0.15) is 5.10 Å². The van der Waals surface area contributed by atoms with E-state index in [1.165, 1.54) is 18.4 Å². The van der Waals surface area contributed by atoms with E-state index < -0.39 is 0 Å². The molecule has 0 saturated heterocycles. The lowest BCUT2D eigenvalue weighted by atomic mass is 10.0. The first kappa shape index (κ1) is 15.0. The smallest absolute Gasteiger partial charge is 0.157 e. The van der Waals surface area contributed by atoms with Crippen LogP contribution in [0.2, 0.25) is 0 Å². The molecule has 1 aromatic heterocycles. The lowest BCUT2D eigenvalue weighted by Gasteiger charge is -2.23. The monoisotopic (exact) mass is 274 g/mol. The van der Waals surface area contributed by atoms with E-state index in [1.54, 1.807) is 0 Å². The Kier molecular flexibility index (Phi) is 5.12. The number of hydrogen-bond acceptors (Lipinski definition) is 3. The molecule has 4 nitrogen and oxygen atoms in total. The molecule has 0 spiro atoms. The molecule has 2 atom stereocenters. The van der Waals surface area contributed by atoms with Crippen molar-refractivity contribution in [3.05, 3.63) is 17.8 Å². The number of likely N-dealkylation sites (N-methyl/N-ethyl adjacent to an activating group) is 1. The summed E-state index contributed by atoms with van der Waals surface area (Å²) in [6, 6.07) is 0.255. The van der Waals surface area contributed by atoms with Gasteiger partial charge in [0.1, 0.15) is 0 Å². The molecular weight excluding hydrogens is 248 g/mol. The van der Waals surface area contributed by atoms with Gasteiger partial charge < -0.3 is 0 Å². The quantitative estimate of drug-likeness (QED) is 0.797. The van der Waals surface area contributed by atoms with Gasteiger partial charge in [-0.1, -0.05) is 27.2 Å². The third-order valence-corrected chi connectivity index (χ3v) is 4.18. The summed E-state index contributed by atoms with van der Waals surface area (Å²) in [4.78, 5) is 6.99. The summed E-state index contributed by atoms with van der Waals surface area (Å²) in [7, 11) is 2.16. The van der Waals surface area contributed by atoms with Crippen molar-refractivity contribution < 1.29 is 0 Å². The van der Waals surface area contributed by atoms with E-state index in [0.29, 0.717) is 0 Å². The van der Waals surface area contributed by atoms with Crippen LogP contribution in [0.1, 0.15) is 39.2 Å². The van der Waals surface area contributed by atoms with Crippen LogP contribution in [0.25, 0.3) is 6.20 Å². The summed E-state index contributed by atoms with van der Waals surface area (Å²) >= 11 is 0. The van der Waals surface area contributed by atoms with Crippen LogP contribution in [0.15, 0.2) is 17.3 Å².